The van der Waals surface area contributed by atoms with Gasteiger partial charge < -0.3 is 15.2 Å². The number of carbonyl (C=O) groups excluding carboxylic acids is 1. The molecule has 0 aliphatic carbocycles. The molecule has 1 fully saturated rings. The van der Waals surface area contributed by atoms with Crippen molar-refractivity contribution in [2.45, 2.75) is 45.8 Å². The molecule has 0 radical (unpaired) electrons. The SMILES string of the molecule is CC(C)[C@@H]1C[C@H](CC(=O)NCc2ccc(O)c3ncccc23)CCO1. The van der Waals surface area contributed by atoms with Gasteiger partial charge in [-0.3, -0.25) is 9.78 Å². The summed E-state index contributed by atoms with van der Waals surface area (Å²) in [5, 5.41) is 13.8. The molecule has 3 rings (SSSR count). The summed E-state index contributed by atoms with van der Waals surface area (Å²) in [6, 6.07) is 7.21. The number of aromatic hydroxyl groups is 1. The Balaban J connectivity index is 1.59. The summed E-state index contributed by atoms with van der Waals surface area (Å²) in [7, 11) is 0. The Kier molecular flexibility index (Phi) is 5.53. The zero-order valence-corrected chi connectivity index (χ0v) is 14.9. The van der Waals surface area contributed by atoms with Crippen LogP contribution in [-0.4, -0.2) is 28.7 Å². The second-order valence-electron chi connectivity index (χ2n) is 7.17. The Morgan fingerprint density at radius 1 is 1.40 bits per heavy atom. The minimum atomic E-state index is 0.0690. The maximum atomic E-state index is 12.3. The van der Waals surface area contributed by atoms with Crippen LogP contribution in [0.4, 0.5) is 0 Å². The Hall–Kier alpha value is -2.14. The lowest BCUT2D eigenvalue weighted by Crippen LogP contribution is -2.33. The number of fused-ring (bicyclic) bond motifs is 1. The van der Waals surface area contributed by atoms with Gasteiger partial charge in [0.05, 0.1) is 6.10 Å². The zero-order valence-electron chi connectivity index (χ0n) is 14.9. The molecule has 1 aliphatic rings. The first-order valence-electron chi connectivity index (χ1n) is 8.98. The lowest BCUT2D eigenvalue weighted by molar-refractivity contribution is -0.123. The third kappa shape index (κ3) is 4.28. The van der Waals surface area contributed by atoms with Crippen LogP contribution in [0.5, 0.6) is 5.75 Å². The van der Waals surface area contributed by atoms with Crippen molar-refractivity contribution >= 4 is 16.8 Å². The first kappa shape index (κ1) is 17.7. The van der Waals surface area contributed by atoms with Gasteiger partial charge in [0, 0.05) is 31.2 Å². The van der Waals surface area contributed by atoms with Crippen LogP contribution in [0.25, 0.3) is 10.9 Å². The fraction of sp³-hybridized carbons (Fsp3) is 0.500. The molecule has 134 valence electrons. The van der Waals surface area contributed by atoms with Crippen LogP contribution in [0.3, 0.4) is 0 Å². The van der Waals surface area contributed by atoms with Crippen molar-refractivity contribution < 1.29 is 14.6 Å². The van der Waals surface area contributed by atoms with Gasteiger partial charge in [-0.2, -0.15) is 0 Å². The topological polar surface area (TPSA) is 71.5 Å². The highest BCUT2D eigenvalue weighted by Crippen LogP contribution is 2.28. The summed E-state index contributed by atoms with van der Waals surface area (Å²) >= 11 is 0. The third-order valence-electron chi connectivity index (χ3n) is 4.96. The molecule has 0 unspecified atom stereocenters. The summed E-state index contributed by atoms with van der Waals surface area (Å²) in [4.78, 5) is 16.6. The van der Waals surface area contributed by atoms with Crippen molar-refractivity contribution in [1.29, 1.82) is 0 Å². The fourth-order valence-electron chi connectivity index (χ4n) is 3.45. The molecule has 2 N–H and O–H groups in total. The van der Waals surface area contributed by atoms with Crippen LogP contribution in [0.2, 0.25) is 0 Å². The summed E-state index contributed by atoms with van der Waals surface area (Å²) in [5.41, 5.74) is 1.53. The number of pyridine rings is 1. The molecule has 1 aromatic carbocycles. The Morgan fingerprint density at radius 2 is 2.24 bits per heavy atom. The maximum Gasteiger partial charge on any atom is 0.220 e. The summed E-state index contributed by atoms with van der Waals surface area (Å²) < 4.78 is 5.78. The van der Waals surface area contributed by atoms with Gasteiger partial charge in [0.25, 0.3) is 0 Å². The van der Waals surface area contributed by atoms with E-state index in [1.807, 2.05) is 18.2 Å². The number of carbonyl (C=O) groups is 1. The third-order valence-corrected chi connectivity index (χ3v) is 4.96. The number of hydrogen-bond donors (Lipinski definition) is 2. The summed E-state index contributed by atoms with van der Waals surface area (Å²) in [6.45, 7) is 5.52. The first-order chi connectivity index (χ1) is 12.0. The van der Waals surface area contributed by atoms with E-state index in [1.165, 1.54) is 0 Å². The predicted octanol–water partition coefficient (Wildman–Crippen LogP) is 3.40. The second kappa shape index (κ2) is 7.83. The normalized spacial score (nSPS) is 20.8. The number of benzene rings is 1. The number of phenols is 1. The van der Waals surface area contributed by atoms with Gasteiger partial charge in [-0.1, -0.05) is 26.0 Å². The molecule has 1 saturated heterocycles. The van der Waals surface area contributed by atoms with Gasteiger partial charge in [0.1, 0.15) is 11.3 Å². The summed E-state index contributed by atoms with van der Waals surface area (Å²) in [5.74, 6) is 1.10. The van der Waals surface area contributed by atoms with Crippen LogP contribution < -0.4 is 5.32 Å². The van der Waals surface area contributed by atoms with Gasteiger partial charge in [0.15, 0.2) is 0 Å². The minimum absolute atomic E-state index is 0.0690. The Morgan fingerprint density at radius 3 is 3.04 bits per heavy atom. The van der Waals surface area contributed by atoms with Crippen LogP contribution in [0, 0.1) is 11.8 Å². The van der Waals surface area contributed by atoms with E-state index >= 15 is 0 Å². The largest absolute Gasteiger partial charge is 0.506 e. The summed E-state index contributed by atoms with van der Waals surface area (Å²) in [6.07, 6.45) is 4.36. The molecular weight excluding hydrogens is 316 g/mol. The number of ether oxygens (including phenoxy) is 1. The van der Waals surface area contributed by atoms with Crippen LogP contribution in [0.1, 0.15) is 38.7 Å². The predicted molar refractivity (Wildman–Crippen MR) is 97.2 cm³/mol. The number of nitrogens with one attached hydrogen (secondary N) is 1. The van der Waals surface area contributed by atoms with Crippen LogP contribution in [-0.2, 0) is 16.1 Å². The highest BCUT2D eigenvalue weighted by molar-refractivity contribution is 5.87. The van der Waals surface area contributed by atoms with E-state index in [0.717, 1.165) is 30.4 Å². The van der Waals surface area contributed by atoms with Crippen molar-refractivity contribution in [1.82, 2.24) is 10.3 Å². The van der Waals surface area contributed by atoms with E-state index in [4.69, 9.17) is 4.74 Å². The fourth-order valence-corrected chi connectivity index (χ4v) is 3.45. The maximum absolute atomic E-state index is 12.3. The van der Waals surface area contributed by atoms with E-state index < -0.39 is 0 Å². The number of rotatable bonds is 5. The monoisotopic (exact) mass is 342 g/mol. The lowest BCUT2D eigenvalue weighted by Gasteiger charge is -2.31. The number of aromatic nitrogens is 1. The molecule has 1 aliphatic heterocycles. The van der Waals surface area contributed by atoms with Crippen LogP contribution >= 0.6 is 0 Å². The molecule has 5 heteroatoms. The molecule has 2 aromatic rings. The smallest absolute Gasteiger partial charge is 0.220 e. The average molecular weight is 342 g/mol. The molecule has 1 aromatic heterocycles. The van der Waals surface area contributed by atoms with Gasteiger partial charge in [-0.25, -0.2) is 0 Å². The van der Waals surface area contributed by atoms with Crippen molar-refractivity contribution in [2.75, 3.05) is 6.61 Å². The van der Waals surface area contributed by atoms with Crippen molar-refractivity contribution in [3.8, 4) is 5.75 Å². The van der Waals surface area contributed by atoms with E-state index in [-0.39, 0.29) is 17.8 Å². The number of nitrogens with zero attached hydrogens (tertiary/aromatic N) is 1. The molecule has 25 heavy (non-hydrogen) atoms. The average Bonchev–Trinajstić information content (AvgIpc) is 2.61. The molecule has 0 saturated carbocycles. The highest BCUT2D eigenvalue weighted by atomic mass is 16.5. The van der Waals surface area contributed by atoms with Crippen molar-refractivity contribution in [3.05, 3.63) is 36.0 Å². The molecule has 2 heterocycles. The van der Waals surface area contributed by atoms with E-state index in [0.29, 0.717) is 30.3 Å². The molecule has 0 bridgehead atoms. The van der Waals surface area contributed by atoms with Crippen molar-refractivity contribution in [2.24, 2.45) is 11.8 Å². The van der Waals surface area contributed by atoms with Crippen molar-refractivity contribution in [3.63, 3.8) is 0 Å². The standard InChI is InChI=1S/C20H26N2O3/c1-13(2)18-10-14(7-9-25-18)11-19(24)22-12-15-5-6-17(23)20-16(15)4-3-8-21-20/h3-6,8,13-14,18,23H,7,9-12H2,1-2H3,(H,22,24)/t14-,18+/m1/s1. The molecular formula is C20H26N2O3. The first-order valence-corrected chi connectivity index (χ1v) is 8.98. The quantitative estimate of drug-likeness (QED) is 0.873. The van der Waals surface area contributed by atoms with Crippen LogP contribution in [0.15, 0.2) is 30.5 Å². The van der Waals surface area contributed by atoms with Gasteiger partial charge >= 0.3 is 0 Å². The lowest BCUT2D eigenvalue weighted by atomic mass is 9.88. The van der Waals surface area contributed by atoms with E-state index in [1.54, 1.807) is 12.3 Å². The molecule has 5 nitrogen and oxygen atoms in total. The second-order valence-corrected chi connectivity index (χ2v) is 7.17. The van der Waals surface area contributed by atoms with Gasteiger partial charge in [0.2, 0.25) is 5.91 Å². The Labute approximate surface area is 148 Å². The molecule has 2 atom stereocenters. The Bertz CT molecular complexity index is 745. The zero-order chi connectivity index (χ0) is 17.8. The van der Waals surface area contributed by atoms with E-state index in [9.17, 15) is 9.90 Å². The van der Waals surface area contributed by atoms with E-state index in [2.05, 4.69) is 24.1 Å². The minimum Gasteiger partial charge on any atom is -0.506 e. The highest BCUT2D eigenvalue weighted by Gasteiger charge is 2.26. The molecule has 1 amide bonds. The number of amides is 1. The van der Waals surface area contributed by atoms with Gasteiger partial charge in [-0.15, -0.1) is 0 Å². The molecule has 0 spiro atoms. The number of phenolic OH excluding ortho intramolecular Hbond substituents is 1. The number of hydrogen-bond acceptors (Lipinski definition) is 4. The van der Waals surface area contributed by atoms with Gasteiger partial charge in [-0.05, 0) is 42.4 Å².